The molecule has 3 nitrogen and oxygen atoms in total. The maximum Gasteiger partial charge on any atom is 0.227 e. The summed E-state index contributed by atoms with van der Waals surface area (Å²) in [5.74, 6) is 0.889. The van der Waals surface area contributed by atoms with Gasteiger partial charge in [0.05, 0.1) is 11.3 Å². The molecular weight excluding hydrogens is 286 g/mol. The van der Waals surface area contributed by atoms with Gasteiger partial charge in [-0.05, 0) is 30.9 Å². The monoisotopic (exact) mass is 307 g/mol. The van der Waals surface area contributed by atoms with Crippen molar-refractivity contribution >= 4 is 17.5 Å². The number of carbonyl (C=O) groups excluding carboxylic acids is 1. The van der Waals surface area contributed by atoms with Crippen molar-refractivity contribution in [3.63, 3.8) is 0 Å². The van der Waals surface area contributed by atoms with Crippen molar-refractivity contribution in [1.82, 2.24) is 5.32 Å². The van der Waals surface area contributed by atoms with E-state index >= 15 is 0 Å². The average Bonchev–Trinajstić information content (AvgIpc) is 2.72. The van der Waals surface area contributed by atoms with Crippen LogP contribution in [0.5, 0.6) is 5.75 Å². The summed E-state index contributed by atoms with van der Waals surface area (Å²) in [5.41, 5.74) is 1.12. The predicted molar refractivity (Wildman–Crippen MR) is 83.8 cm³/mol. The number of ether oxygens (including phenoxy) is 1. The van der Waals surface area contributed by atoms with Crippen LogP contribution in [0.1, 0.15) is 37.7 Å². The van der Waals surface area contributed by atoms with E-state index in [1.165, 1.54) is 12.8 Å². The van der Waals surface area contributed by atoms with Gasteiger partial charge in [0.15, 0.2) is 0 Å². The predicted octanol–water partition coefficient (Wildman–Crippen LogP) is 3.29. The van der Waals surface area contributed by atoms with Crippen LogP contribution in [0.25, 0.3) is 0 Å². The van der Waals surface area contributed by atoms with Crippen molar-refractivity contribution in [1.29, 1.82) is 0 Å². The van der Waals surface area contributed by atoms with Crippen LogP contribution in [0.4, 0.5) is 0 Å². The molecule has 0 saturated heterocycles. The lowest BCUT2D eigenvalue weighted by molar-refractivity contribution is -0.127. The fourth-order valence-corrected chi connectivity index (χ4v) is 3.57. The largest absolute Gasteiger partial charge is 0.492 e. The molecule has 1 amide bonds. The lowest BCUT2D eigenvalue weighted by Gasteiger charge is -2.28. The summed E-state index contributed by atoms with van der Waals surface area (Å²) in [7, 11) is 0. The van der Waals surface area contributed by atoms with Crippen molar-refractivity contribution < 1.29 is 9.53 Å². The van der Waals surface area contributed by atoms with Crippen LogP contribution >= 0.6 is 11.6 Å². The minimum Gasteiger partial charge on any atom is -0.492 e. The highest BCUT2D eigenvalue weighted by molar-refractivity contribution is 6.21. The van der Waals surface area contributed by atoms with Gasteiger partial charge in [-0.15, -0.1) is 11.6 Å². The second kappa shape index (κ2) is 6.69. The van der Waals surface area contributed by atoms with Crippen molar-refractivity contribution in [2.75, 3.05) is 6.61 Å². The molecule has 21 heavy (non-hydrogen) atoms. The lowest BCUT2D eigenvalue weighted by atomic mass is 9.95. The Morgan fingerprint density at radius 1 is 1.19 bits per heavy atom. The molecule has 1 aliphatic carbocycles. The average molecular weight is 308 g/mol. The van der Waals surface area contributed by atoms with Crippen molar-refractivity contribution in [2.24, 2.45) is 5.92 Å². The first-order chi connectivity index (χ1) is 10.2. The first-order valence-electron chi connectivity index (χ1n) is 7.89. The number of carbonyl (C=O) groups is 1. The van der Waals surface area contributed by atoms with Crippen LogP contribution in [-0.4, -0.2) is 23.9 Å². The molecule has 3 unspecified atom stereocenters. The van der Waals surface area contributed by atoms with Crippen LogP contribution in [-0.2, 0) is 11.2 Å². The molecule has 4 heteroatoms. The summed E-state index contributed by atoms with van der Waals surface area (Å²) in [6.45, 7) is 0.461. The molecule has 1 aromatic carbocycles. The van der Waals surface area contributed by atoms with E-state index in [0.29, 0.717) is 6.61 Å². The number of para-hydroxylation sites is 1. The maximum atomic E-state index is 12.5. The molecule has 1 aliphatic heterocycles. The third-order valence-corrected chi connectivity index (χ3v) is 5.03. The van der Waals surface area contributed by atoms with E-state index < -0.39 is 0 Å². The molecule has 1 saturated carbocycles. The third kappa shape index (κ3) is 3.52. The smallest absolute Gasteiger partial charge is 0.227 e. The van der Waals surface area contributed by atoms with Gasteiger partial charge in [0, 0.05) is 6.04 Å². The van der Waals surface area contributed by atoms with Gasteiger partial charge >= 0.3 is 0 Å². The minimum absolute atomic E-state index is 0.0632. The topological polar surface area (TPSA) is 38.3 Å². The molecule has 1 N–H and O–H groups in total. The molecule has 1 fully saturated rings. The maximum absolute atomic E-state index is 12.5. The van der Waals surface area contributed by atoms with E-state index in [-0.39, 0.29) is 23.2 Å². The highest BCUT2D eigenvalue weighted by atomic mass is 35.5. The summed E-state index contributed by atoms with van der Waals surface area (Å²) < 4.78 is 5.70. The number of hydrogen-bond donors (Lipinski definition) is 1. The summed E-state index contributed by atoms with van der Waals surface area (Å²) in [6.07, 6.45) is 6.27. The number of amides is 1. The van der Waals surface area contributed by atoms with Crippen molar-refractivity contribution in [3.05, 3.63) is 29.8 Å². The van der Waals surface area contributed by atoms with Crippen LogP contribution in [0, 0.1) is 5.92 Å². The second-order valence-corrected chi connectivity index (χ2v) is 6.65. The number of hydrogen-bond acceptors (Lipinski definition) is 2. The van der Waals surface area contributed by atoms with Gasteiger partial charge < -0.3 is 10.1 Å². The molecule has 3 rings (SSSR count). The van der Waals surface area contributed by atoms with E-state index in [1.807, 2.05) is 24.3 Å². The van der Waals surface area contributed by atoms with Gasteiger partial charge in [-0.1, -0.05) is 37.5 Å². The van der Waals surface area contributed by atoms with Gasteiger partial charge in [-0.3, -0.25) is 4.79 Å². The quantitative estimate of drug-likeness (QED) is 0.672. The first-order valence-corrected chi connectivity index (χ1v) is 8.33. The summed E-state index contributed by atoms with van der Waals surface area (Å²) >= 11 is 6.41. The Morgan fingerprint density at radius 2 is 2.00 bits per heavy atom. The zero-order chi connectivity index (χ0) is 14.7. The van der Waals surface area contributed by atoms with Crippen LogP contribution in [0.2, 0.25) is 0 Å². The Kier molecular flexibility index (Phi) is 4.69. The van der Waals surface area contributed by atoms with Crippen molar-refractivity contribution in [2.45, 2.75) is 49.9 Å². The number of fused-ring (bicyclic) bond motifs is 1. The molecule has 0 radical (unpaired) electrons. The molecule has 0 bridgehead atoms. The van der Waals surface area contributed by atoms with E-state index in [4.69, 9.17) is 16.3 Å². The molecule has 0 aromatic heterocycles. The zero-order valence-electron chi connectivity index (χ0n) is 12.2. The highest BCUT2D eigenvalue weighted by Gasteiger charge is 2.29. The Hall–Kier alpha value is -1.22. The Morgan fingerprint density at radius 3 is 2.90 bits per heavy atom. The molecule has 1 heterocycles. The Labute approximate surface area is 131 Å². The van der Waals surface area contributed by atoms with Crippen molar-refractivity contribution in [3.8, 4) is 5.75 Å². The van der Waals surface area contributed by atoms with E-state index in [1.54, 1.807) is 0 Å². The summed E-state index contributed by atoms with van der Waals surface area (Å²) in [6, 6.07) is 8.05. The lowest BCUT2D eigenvalue weighted by Crippen LogP contribution is -2.46. The number of rotatable bonds is 2. The summed E-state index contributed by atoms with van der Waals surface area (Å²) in [4.78, 5) is 12.5. The van der Waals surface area contributed by atoms with Crippen LogP contribution in [0.3, 0.4) is 0 Å². The molecule has 1 aromatic rings. The van der Waals surface area contributed by atoms with E-state index in [0.717, 1.165) is 37.0 Å². The number of halogens is 1. The van der Waals surface area contributed by atoms with Crippen LogP contribution < -0.4 is 10.1 Å². The fraction of sp³-hybridized carbons (Fsp3) is 0.588. The fourth-order valence-electron chi connectivity index (χ4n) is 3.22. The summed E-state index contributed by atoms with van der Waals surface area (Å²) in [5, 5.41) is 3.22. The molecule has 2 aliphatic rings. The van der Waals surface area contributed by atoms with E-state index in [9.17, 15) is 4.79 Å². The standard InChI is InChI=1S/C17H22ClNO2/c18-14-7-2-1-3-8-15(14)19-17(20)13-10-12-6-4-5-9-16(12)21-11-13/h4-6,9,13-15H,1-3,7-8,10-11H2,(H,19,20). The van der Waals surface area contributed by atoms with Gasteiger partial charge in [-0.2, -0.15) is 0 Å². The molecule has 114 valence electrons. The Bertz CT molecular complexity index is 505. The number of alkyl halides is 1. The third-order valence-electron chi connectivity index (χ3n) is 4.51. The second-order valence-electron chi connectivity index (χ2n) is 6.09. The zero-order valence-corrected chi connectivity index (χ0v) is 12.9. The minimum atomic E-state index is -0.105. The SMILES string of the molecule is O=C(NC1CCCCCC1Cl)C1COc2ccccc2C1. The van der Waals surface area contributed by atoms with Crippen LogP contribution in [0.15, 0.2) is 24.3 Å². The van der Waals surface area contributed by atoms with Gasteiger partial charge in [-0.25, -0.2) is 0 Å². The Balaban J connectivity index is 1.61. The van der Waals surface area contributed by atoms with Gasteiger partial charge in [0.25, 0.3) is 0 Å². The molecule has 3 atom stereocenters. The van der Waals surface area contributed by atoms with Gasteiger partial charge in [0.2, 0.25) is 5.91 Å². The van der Waals surface area contributed by atoms with Gasteiger partial charge in [0.1, 0.15) is 12.4 Å². The number of benzene rings is 1. The molecular formula is C17H22ClNO2. The first kappa shape index (κ1) is 14.7. The highest BCUT2D eigenvalue weighted by Crippen LogP contribution is 2.28. The number of nitrogens with one attached hydrogen (secondary N) is 1. The molecule has 0 spiro atoms. The normalized spacial score (nSPS) is 28.9. The van der Waals surface area contributed by atoms with E-state index in [2.05, 4.69) is 5.32 Å².